The zero-order valence-electron chi connectivity index (χ0n) is 17.0. The lowest BCUT2D eigenvalue weighted by molar-refractivity contribution is -0.120. The lowest BCUT2D eigenvalue weighted by Crippen LogP contribution is -2.42. The number of hydrogen-bond acceptors (Lipinski definition) is 6. The molecule has 0 bridgehead atoms. The molecule has 4 heterocycles. The highest BCUT2D eigenvalue weighted by molar-refractivity contribution is 5.93. The summed E-state index contributed by atoms with van der Waals surface area (Å²) in [5, 5.41) is 8.54. The van der Waals surface area contributed by atoms with Crippen LogP contribution in [0, 0.1) is 19.8 Å². The van der Waals surface area contributed by atoms with Crippen LogP contribution in [0.4, 0.5) is 11.8 Å². The smallest absolute Gasteiger partial charge is 0.230 e. The molecule has 0 spiro atoms. The van der Waals surface area contributed by atoms with E-state index < -0.39 is 0 Å². The van der Waals surface area contributed by atoms with Crippen LogP contribution in [0.25, 0.3) is 16.6 Å². The molecule has 8 nitrogen and oxygen atoms in total. The first kappa shape index (κ1) is 18.5. The van der Waals surface area contributed by atoms with Gasteiger partial charge >= 0.3 is 0 Å². The van der Waals surface area contributed by atoms with E-state index in [4.69, 9.17) is 4.98 Å². The number of para-hydroxylation sites is 1. The number of aromatic nitrogens is 5. The van der Waals surface area contributed by atoms with Crippen LogP contribution in [-0.2, 0) is 4.79 Å². The van der Waals surface area contributed by atoms with Crippen molar-refractivity contribution < 1.29 is 4.79 Å². The van der Waals surface area contributed by atoms with Gasteiger partial charge in [0.05, 0.1) is 11.4 Å². The molecule has 4 aromatic rings. The summed E-state index contributed by atoms with van der Waals surface area (Å²) in [6.07, 6.45) is 3.43. The predicted molar refractivity (Wildman–Crippen MR) is 116 cm³/mol. The Bertz CT molecular complexity index is 1250. The molecular weight excluding hydrogens is 378 g/mol. The van der Waals surface area contributed by atoms with Gasteiger partial charge in [0.25, 0.3) is 0 Å². The number of carbonyl (C=O) groups is 1. The van der Waals surface area contributed by atoms with Gasteiger partial charge in [-0.05, 0) is 50.5 Å². The van der Waals surface area contributed by atoms with E-state index in [9.17, 15) is 4.79 Å². The number of benzene rings is 1. The van der Waals surface area contributed by atoms with Gasteiger partial charge in [-0.25, -0.2) is 15.0 Å². The fourth-order valence-electron chi connectivity index (χ4n) is 4.06. The number of nitrogens with one attached hydrogen (secondary N) is 1. The minimum absolute atomic E-state index is 0.00620. The molecule has 1 saturated heterocycles. The Balaban J connectivity index is 1.46. The Hall–Kier alpha value is -3.55. The third-order valence-corrected chi connectivity index (χ3v) is 5.59. The van der Waals surface area contributed by atoms with Crippen LogP contribution < -0.4 is 10.2 Å². The van der Waals surface area contributed by atoms with Gasteiger partial charge < -0.3 is 10.2 Å². The summed E-state index contributed by atoms with van der Waals surface area (Å²) in [6, 6.07) is 11.8. The first-order valence-corrected chi connectivity index (χ1v) is 10.2. The fourth-order valence-corrected chi connectivity index (χ4v) is 4.06. The number of aryl methyl sites for hydroxylation is 2. The minimum atomic E-state index is -0.145. The van der Waals surface area contributed by atoms with E-state index in [-0.39, 0.29) is 11.8 Å². The topological polar surface area (TPSA) is 88.3 Å². The molecule has 3 aromatic heterocycles. The summed E-state index contributed by atoms with van der Waals surface area (Å²) in [5.74, 6) is 1.90. The molecule has 0 radical (unpaired) electrons. The van der Waals surface area contributed by atoms with E-state index >= 15 is 0 Å². The van der Waals surface area contributed by atoms with Gasteiger partial charge in [0.1, 0.15) is 11.6 Å². The largest absolute Gasteiger partial charge is 0.340 e. The number of carbonyl (C=O) groups excluding carboxylic acids is 1. The molecule has 30 heavy (non-hydrogen) atoms. The molecule has 1 aromatic carbocycles. The van der Waals surface area contributed by atoms with Crippen LogP contribution in [0.2, 0.25) is 0 Å². The minimum Gasteiger partial charge on any atom is -0.340 e. The van der Waals surface area contributed by atoms with Crippen molar-refractivity contribution in [1.82, 2.24) is 24.6 Å². The van der Waals surface area contributed by atoms with Crippen molar-refractivity contribution in [3.05, 3.63) is 54.0 Å². The van der Waals surface area contributed by atoms with Gasteiger partial charge in [-0.1, -0.05) is 18.2 Å². The van der Waals surface area contributed by atoms with Gasteiger partial charge in [0.15, 0.2) is 5.65 Å². The van der Waals surface area contributed by atoms with Crippen molar-refractivity contribution in [2.45, 2.75) is 26.7 Å². The molecule has 1 aliphatic heterocycles. The number of fused-ring (bicyclic) bond motifs is 3. The Morgan fingerprint density at radius 2 is 2.00 bits per heavy atom. The van der Waals surface area contributed by atoms with Gasteiger partial charge in [-0.3, -0.25) is 4.79 Å². The van der Waals surface area contributed by atoms with Crippen molar-refractivity contribution in [2.24, 2.45) is 5.92 Å². The van der Waals surface area contributed by atoms with E-state index in [2.05, 4.69) is 25.3 Å². The standard InChI is InChI=1S/C22H23N7O/c1-14-7-5-11-23-19(14)26-21(30)16-8-6-12-28(13-16)22-25-18-10-4-3-9-17(18)20-24-15(2)27-29(20)22/h3-5,7,9-11,16H,6,8,12-13H2,1-2H3,(H,23,26,30). The number of amides is 1. The van der Waals surface area contributed by atoms with Crippen molar-refractivity contribution in [3.63, 3.8) is 0 Å². The van der Waals surface area contributed by atoms with Gasteiger partial charge in [0.2, 0.25) is 11.9 Å². The van der Waals surface area contributed by atoms with E-state index in [0.717, 1.165) is 47.4 Å². The van der Waals surface area contributed by atoms with Crippen molar-refractivity contribution >= 4 is 34.2 Å². The van der Waals surface area contributed by atoms with Crippen LogP contribution in [0.3, 0.4) is 0 Å². The third-order valence-electron chi connectivity index (χ3n) is 5.59. The number of nitrogens with zero attached hydrogens (tertiary/aromatic N) is 6. The molecule has 152 valence electrons. The molecular formula is C22H23N7O. The Morgan fingerprint density at radius 3 is 2.87 bits per heavy atom. The Morgan fingerprint density at radius 1 is 1.13 bits per heavy atom. The molecule has 1 fully saturated rings. The molecule has 1 amide bonds. The van der Waals surface area contributed by atoms with Crippen LogP contribution >= 0.6 is 0 Å². The van der Waals surface area contributed by atoms with E-state index in [1.54, 1.807) is 10.7 Å². The monoisotopic (exact) mass is 401 g/mol. The highest BCUT2D eigenvalue weighted by atomic mass is 16.2. The lowest BCUT2D eigenvalue weighted by atomic mass is 9.97. The van der Waals surface area contributed by atoms with Gasteiger partial charge in [0, 0.05) is 24.7 Å². The first-order chi connectivity index (χ1) is 14.6. The lowest BCUT2D eigenvalue weighted by Gasteiger charge is -2.32. The summed E-state index contributed by atoms with van der Waals surface area (Å²) in [4.78, 5) is 28.9. The SMILES string of the molecule is Cc1nc2c3ccccc3nc(N3CCCC(C(=O)Nc4ncccc4C)C3)n2n1. The second kappa shape index (κ2) is 7.37. The molecule has 1 atom stereocenters. The number of rotatable bonds is 3. The van der Waals surface area contributed by atoms with Crippen LogP contribution in [0.5, 0.6) is 0 Å². The normalized spacial score (nSPS) is 16.9. The second-order valence-electron chi connectivity index (χ2n) is 7.77. The summed E-state index contributed by atoms with van der Waals surface area (Å²) in [7, 11) is 0. The predicted octanol–water partition coefficient (Wildman–Crippen LogP) is 3.14. The molecule has 0 saturated carbocycles. The number of hydrogen-bond donors (Lipinski definition) is 1. The highest BCUT2D eigenvalue weighted by Crippen LogP contribution is 2.27. The maximum Gasteiger partial charge on any atom is 0.230 e. The number of pyridine rings is 1. The summed E-state index contributed by atoms with van der Waals surface area (Å²) >= 11 is 0. The molecule has 0 aliphatic carbocycles. The van der Waals surface area contributed by atoms with Gasteiger partial charge in [-0.15, -0.1) is 5.10 Å². The summed E-state index contributed by atoms with van der Waals surface area (Å²) < 4.78 is 1.81. The molecule has 1 unspecified atom stereocenters. The van der Waals surface area contributed by atoms with Crippen LogP contribution in [-0.4, -0.2) is 43.6 Å². The fraction of sp³-hybridized carbons (Fsp3) is 0.318. The van der Waals surface area contributed by atoms with Crippen LogP contribution in [0.15, 0.2) is 42.6 Å². The Kier molecular flexibility index (Phi) is 4.54. The van der Waals surface area contributed by atoms with Crippen molar-refractivity contribution in [3.8, 4) is 0 Å². The first-order valence-electron chi connectivity index (χ1n) is 10.2. The van der Waals surface area contributed by atoms with Crippen molar-refractivity contribution in [1.29, 1.82) is 0 Å². The molecule has 5 rings (SSSR count). The zero-order chi connectivity index (χ0) is 20.7. The van der Waals surface area contributed by atoms with Crippen molar-refractivity contribution in [2.75, 3.05) is 23.3 Å². The quantitative estimate of drug-likeness (QED) is 0.567. The Labute approximate surface area is 174 Å². The van der Waals surface area contributed by atoms with E-state index in [1.165, 1.54) is 0 Å². The zero-order valence-corrected chi connectivity index (χ0v) is 17.0. The van der Waals surface area contributed by atoms with Crippen LogP contribution in [0.1, 0.15) is 24.2 Å². The second-order valence-corrected chi connectivity index (χ2v) is 7.77. The van der Waals surface area contributed by atoms with Gasteiger partial charge in [-0.2, -0.15) is 4.52 Å². The maximum atomic E-state index is 12.9. The average Bonchev–Trinajstić information content (AvgIpc) is 3.16. The van der Waals surface area contributed by atoms with E-state index in [1.807, 2.05) is 50.2 Å². The summed E-state index contributed by atoms with van der Waals surface area (Å²) in [6.45, 7) is 5.23. The third kappa shape index (κ3) is 3.24. The molecule has 1 aliphatic rings. The average molecular weight is 401 g/mol. The number of piperidine rings is 1. The molecule has 1 N–H and O–H groups in total. The number of anilines is 2. The maximum absolute atomic E-state index is 12.9. The summed E-state index contributed by atoms with van der Waals surface area (Å²) in [5.41, 5.74) is 2.63. The highest BCUT2D eigenvalue weighted by Gasteiger charge is 2.29. The van der Waals surface area contributed by atoms with E-state index in [0.29, 0.717) is 18.2 Å². The molecule has 8 heteroatoms.